The third-order valence-electron chi connectivity index (χ3n) is 5.32. The van der Waals surface area contributed by atoms with Crippen LogP contribution in [0.1, 0.15) is 45.0 Å². The van der Waals surface area contributed by atoms with E-state index in [1.54, 1.807) is 11.8 Å². The maximum atomic E-state index is 12.8. The molecule has 0 saturated heterocycles. The van der Waals surface area contributed by atoms with Crippen LogP contribution in [0.25, 0.3) is 0 Å². The minimum Gasteiger partial charge on any atom is -0.324 e. The molecule has 0 bridgehead atoms. The first kappa shape index (κ1) is 26.6. The van der Waals surface area contributed by atoms with Gasteiger partial charge in [-0.25, -0.2) is 0 Å². The number of anilines is 1. The minimum absolute atomic E-state index is 0.0691. The Morgan fingerprint density at radius 2 is 1.85 bits per heavy atom. The van der Waals surface area contributed by atoms with E-state index in [4.69, 9.17) is 11.6 Å². The molecule has 34 heavy (non-hydrogen) atoms. The highest BCUT2D eigenvalue weighted by Crippen LogP contribution is 2.34. The molecule has 0 aliphatic carbocycles. The number of benzene rings is 2. The first-order valence-corrected chi connectivity index (χ1v) is 13.7. The molecule has 3 aromatic rings. The average Bonchev–Trinajstić information content (AvgIpc) is 3.21. The number of nitrogens with zero attached hydrogens (tertiary/aromatic N) is 4. The second-order valence-electron chi connectivity index (χ2n) is 8.12. The molecule has 1 amide bonds. The fraction of sp³-hybridized carbons (Fsp3) is 0.400. The van der Waals surface area contributed by atoms with Gasteiger partial charge in [-0.3, -0.25) is 9.69 Å². The van der Waals surface area contributed by atoms with Crippen molar-refractivity contribution in [2.75, 3.05) is 25.2 Å². The summed E-state index contributed by atoms with van der Waals surface area (Å²) in [6.45, 7) is 5.18. The van der Waals surface area contributed by atoms with Crippen molar-refractivity contribution in [1.82, 2.24) is 19.7 Å². The Bertz CT molecular complexity index is 1070. The van der Waals surface area contributed by atoms with E-state index in [9.17, 15) is 4.79 Å². The number of nitrogens with one attached hydrogen (secondary N) is 1. The quantitative estimate of drug-likeness (QED) is 0.272. The van der Waals surface area contributed by atoms with Crippen molar-refractivity contribution < 1.29 is 4.79 Å². The second-order valence-corrected chi connectivity index (χ2v) is 10.6. The fourth-order valence-electron chi connectivity index (χ4n) is 3.56. The number of para-hydroxylation sites is 1. The number of hydrogen-bond donors (Lipinski definition) is 1. The molecule has 6 nitrogen and oxygen atoms in total. The van der Waals surface area contributed by atoms with E-state index in [-0.39, 0.29) is 17.7 Å². The summed E-state index contributed by atoms with van der Waals surface area (Å²) in [6.07, 6.45) is 3.08. The van der Waals surface area contributed by atoms with Crippen molar-refractivity contribution in [3.05, 3.63) is 59.4 Å². The average molecular weight is 518 g/mol. The number of unbranched alkanes of at least 4 members (excludes halogenated alkanes) is 1. The summed E-state index contributed by atoms with van der Waals surface area (Å²) in [5, 5.41) is 13.5. The molecule has 1 heterocycles. The molecular weight excluding hydrogens is 486 g/mol. The van der Waals surface area contributed by atoms with E-state index in [0.29, 0.717) is 5.02 Å². The van der Waals surface area contributed by atoms with Gasteiger partial charge in [0.25, 0.3) is 0 Å². The van der Waals surface area contributed by atoms with Gasteiger partial charge in [0.1, 0.15) is 0 Å². The number of rotatable bonds is 12. The largest absolute Gasteiger partial charge is 0.324 e. The summed E-state index contributed by atoms with van der Waals surface area (Å²) in [7, 11) is 4.12. The SMILES string of the molecule is CCCCn1c(SCC(=O)Nc2ccccc2Sc2ccc(Cl)cc2)nnc1[C@@H](CC)N(C)C. The van der Waals surface area contributed by atoms with Crippen LogP contribution in [0.15, 0.2) is 63.5 Å². The fourth-order valence-corrected chi connectivity index (χ4v) is 5.36. The highest BCUT2D eigenvalue weighted by molar-refractivity contribution is 8.00. The summed E-state index contributed by atoms with van der Waals surface area (Å²) in [6, 6.07) is 15.7. The van der Waals surface area contributed by atoms with E-state index in [2.05, 4.69) is 52.9 Å². The normalized spacial score (nSPS) is 12.2. The zero-order valence-corrected chi connectivity index (χ0v) is 22.5. The molecule has 0 spiro atoms. The van der Waals surface area contributed by atoms with Crippen molar-refractivity contribution in [2.45, 2.75) is 60.6 Å². The predicted octanol–water partition coefficient (Wildman–Crippen LogP) is 6.63. The summed E-state index contributed by atoms with van der Waals surface area (Å²) in [4.78, 5) is 17.0. The lowest BCUT2D eigenvalue weighted by molar-refractivity contribution is -0.113. The molecule has 1 aromatic heterocycles. The van der Waals surface area contributed by atoms with Gasteiger partial charge in [-0.1, -0.05) is 67.5 Å². The van der Waals surface area contributed by atoms with Crippen molar-refractivity contribution in [2.24, 2.45) is 0 Å². The maximum Gasteiger partial charge on any atom is 0.234 e. The molecular formula is C25H32ClN5OS2. The minimum atomic E-state index is -0.0691. The summed E-state index contributed by atoms with van der Waals surface area (Å²) in [5.74, 6) is 1.16. The first-order chi connectivity index (χ1) is 16.4. The molecule has 0 unspecified atom stereocenters. The molecule has 0 saturated carbocycles. The molecule has 0 aliphatic heterocycles. The van der Waals surface area contributed by atoms with Crippen LogP contribution >= 0.6 is 35.1 Å². The van der Waals surface area contributed by atoms with E-state index < -0.39 is 0 Å². The third kappa shape index (κ3) is 7.25. The zero-order chi connectivity index (χ0) is 24.5. The highest BCUT2D eigenvalue weighted by atomic mass is 35.5. The Hall–Kier alpha value is -2.00. The van der Waals surface area contributed by atoms with Gasteiger partial charge in [0.2, 0.25) is 5.91 Å². The van der Waals surface area contributed by atoms with Crippen LogP contribution in [0.4, 0.5) is 5.69 Å². The molecule has 3 rings (SSSR count). The molecule has 0 aliphatic rings. The van der Waals surface area contributed by atoms with Crippen LogP contribution in [-0.2, 0) is 11.3 Å². The van der Waals surface area contributed by atoms with Crippen molar-refractivity contribution in [3.63, 3.8) is 0 Å². The van der Waals surface area contributed by atoms with Crippen LogP contribution < -0.4 is 5.32 Å². The van der Waals surface area contributed by atoms with Gasteiger partial charge >= 0.3 is 0 Å². The Balaban J connectivity index is 1.68. The number of halogens is 1. The van der Waals surface area contributed by atoms with Crippen LogP contribution in [-0.4, -0.2) is 45.4 Å². The van der Waals surface area contributed by atoms with E-state index in [0.717, 1.165) is 52.3 Å². The van der Waals surface area contributed by atoms with E-state index in [1.807, 2.05) is 48.5 Å². The Labute approximate surface area is 215 Å². The van der Waals surface area contributed by atoms with Gasteiger partial charge in [-0.2, -0.15) is 0 Å². The molecule has 0 radical (unpaired) electrons. The number of thioether (sulfide) groups is 1. The van der Waals surface area contributed by atoms with Gasteiger partial charge in [-0.05, 0) is 63.3 Å². The van der Waals surface area contributed by atoms with Crippen molar-refractivity contribution >= 4 is 46.7 Å². The Kier molecular flexibility index (Phi) is 10.3. The first-order valence-electron chi connectivity index (χ1n) is 11.5. The lowest BCUT2D eigenvalue weighted by Gasteiger charge is -2.23. The van der Waals surface area contributed by atoms with Crippen molar-refractivity contribution in [1.29, 1.82) is 0 Å². The summed E-state index contributed by atoms with van der Waals surface area (Å²) >= 11 is 9.02. The maximum absolute atomic E-state index is 12.8. The second kappa shape index (κ2) is 13.2. The topological polar surface area (TPSA) is 63.1 Å². The van der Waals surface area contributed by atoms with Crippen LogP contribution in [0, 0.1) is 0 Å². The van der Waals surface area contributed by atoms with Crippen LogP contribution in [0.5, 0.6) is 0 Å². The van der Waals surface area contributed by atoms with Crippen LogP contribution in [0.3, 0.4) is 0 Å². The molecule has 1 N–H and O–H groups in total. The monoisotopic (exact) mass is 517 g/mol. The number of carbonyl (C=O) groups is 1. The molecule has 182 valence electrons. The van der Waals surface area contributed by atoms with Crippen molar-refractivity contribution in [3.8, 4) is 0 Å². The predicted molar refractivity (Wildman–Crippen MR) is 143 cm³/mol. The van der Waals surface area contributed by atoms with Gasteiger partial charge in [0.05, 0.1) is 17.5 Å². The number of aromatic nitrogens is 3. The zero-order valence-electron chi connectivity index (χ0n) is 20.1. The number of carbonyl (C=O) groups excluding carboxylic acids is 1. The van der Waals surface area contributed by atoms with E-state index >= 15 is 0 Å². The van der Waals surface area contributed by atoms with E-state index in [1.165, 1.54) is 11.8 Å². The van der Waals surface area contributed by atoms with Gasteiger partial charge in [0.15, 0.2) is 11.0 Å². The lowest BCUT2D eigenvalue weighted by Crippen LogP contribution is -2.23. The smallest absolute Gasteiger partial charge is 0.234 e. The highest BCUT2D eigenvalue weighted by Gasteiger charge is 2.22. The Morgan fingerprint density at radius 3 is 2.53 bits per heavy atom. The van der Waals surface area contributed by atoms with Crippen LogP contribution in [0.2, 0.25) is 5.02 Å². The van der Waals surface area contributed by atoms with Gasteiger partial charge in [-0.15, -0.1) is 10.2 Å². The standard InChI is InChI=1S/C25H32ClN5OS2/c1-5-7-16-31-24(21(6-2)30(3)4)28-29-25(31)33-17-23(32)27-20-10-8-9-11-22(20)34-19-14-12-18(26)13-15-19/h8-15,21H,5-7,16-17H2,1-4H3,(H,27,32)/t21-/m1/s1. The van der Waals surface area contributed by atoms with Gasteiger partial charge in [0, 0.05) is 21.4 Å². The number of hydrogen-bond acceptors (Lipinski definition) is 6. The Morgan fingerprint density at radius 1 is 1.12 bits per heavy atom. The molecule has 2 aromatic carbocycles. The summed E-state index contributed by atoms with van der Waals surface area (Å²) in [5.41, 5.74) is 0.792. The third-order valence-corrected chi connectivity index (χ3v) is 7.63. The molecule has 9 heteroatoms. The molecule has 0 fully saturated rings. The summed E-state index contributed by atoms with van der Waals surface area (Å²) < 4.78 is 2.18. The lowest BCUT2D eigenvalue weighted by atomic mass is 10.2. The molecule has 1 atom stereocenters. The van der Waals surface area contributed by atoms with Gasteiger partial charge < -0.3 is 9.88 Å². The number of amides is 1.